The van der Waals surface area contributed by atoms with E-state index in [4.69, 9.17) is 21.8 Å². The largest absolute Gasteiger partial charge is 0.477 e. The Bertz CT molecular complexity index is 1030. The highest BCUT2D eigenvalue weighted by Gasteiger charge is 2.16. The molecule has 0 atom stereocenters. The molecule has 1 aromatic carbocycles. The van der Waals surface area contributed by atoms with E-state index < -0.39 is 17.4 Å². The van der Waals surface area contributed by atoms with Crippen LogP contribution in [0.1, 0.15) is 20.2 Å². The molecular weight excluding hydrogens is 330 g/mol. The summed E-state index contributed by atoms with van der Waals surface area (Å²) in [5, 5.41) is 18.6. The lowest BCUT2D eigenvalue weighted by Gasteiger charge is -2.06. The van der Waals surface area contributed by atoms with Gasteiger partial charge < -0.3 is 10.2 Å². The van der Waals surface area contributed by atoms with E-state index in [1.54, 1.807) is 0 Å². The molecule has 0 bridgehead atoms. The van der Waals surface area contributed by atoms with Crippen molar-refractivity contribution in [1.82, 2.24) is 4.98 Å². The van der Waals surface area contributed by atoms with Crippen LogP contribution in [0.25, 0.3) is 21.0 Å². The molecule has 8 heteroatoms. The highest BCUT2D eigenvalue weighted by atomic mass is 35.5. The molecule has 0 unspecified atom stereocenters. The summed E-state index contributed by atoms with van der Waals surface area (Å²) in [5.74, 6) is -2.41. The van der Waals surface area contributed by atoms with Crippen LogP contribution in [-0.4, -0.2) is 27.1 Å². The van der Waals surface area contributed by atoms with Gasteiger partial charge in [-0.05, 0) is 18.2 Å². The number of aromatic carboxylic acids is 2. The third kappa shape index (κ3) is 2.20. The number of rotatable bonds is 2. The second-order valence-corrected chi connectivity index (χ2v) is 5.90. The Morgan fingerprint density at radius 3 is 2.45 bits per heavy atom. The first kappa shape index (κ1) is 14.4. The van der Waals surface area contributed by atoms with Crippen molar-refractivity contribution < 1.29 is 19.8 Å². The van der Waals surface area contributed by atoms with Crippen LogP contribution >= 0.6 is 22.9 Å². The summed E-state index contributed by atoms with van der Waals surface area (Å²) in [4.78, 5) is 38.1. The molecule has 0 aliphatic carbocycles. The lowest BCUT2D eigenvalue weighted by atomic mass is 10.1. The smallest absolute Gasteiger partial charge is 0.354 e. The molecule has 3 aromatic rings. The number of hydrogen-bond donors (Lipinski definition) is 2. The fourth-order valence-electron chi connectivity index (χ4n) is 2.15. The Kier molecular flexibility index (Phi) is 3.31. The van der Waals surface area contributed by atoms with Crippen LogP contribution in [0.4, 0.5) is 0 Å². The number of pyridine rings is 1. The van der Waals surface area contributed by atoms with Gasteiger partial charge in [0.2, 0.25) is 0 Å². The van der Waals surface area contributed by atoms with Gasteiger partial charge >= 0.3 is 11.9 Å². The molecule has 6 nitrogen and oxygen atoms in total. The standard InChI is InChI=1S/C14H6ClNO5S/c15-5-3-7(13(18)19)16-6-1-2-9-12(11(5)6)8(17)4-10(22-9)14(20)21/h1-4H,(H,18,19)(H,20,21). The lowest BCUT2D eigenvalue weighted by Crippen LogP contribution is -2.06. The van der Waals surface area contributed by atoms with Crippen LogP contribution in [0, 0.1) is 0 Å². The van der Waals surface area contributed by atoms with Gasteiger partial charge in [-0.3, -0.25) is 4.79 Å². The maximum Gasteiger partial charge on any atom is 0.354 e. The Morgan fingerprint density at radius 2 is 1.82 bits per heavy atom. The van der Waals surface area contributed by atoms with Crippen LogP contribution in [0.15, 0.2) is 29.1 Å². The molecule has 2 N–H and O–H groups in total. The second-order valence-electron chi connectivity index (χ2n) is 4.41. The quantitative estimate of drug-likeness (QED) is 0.698. The minimum Gasteiger partial charge on any atom is -0.477 e. The molecule has 0 saturated carbocycles. The molecule has 0 aliphatic rings. The molecule has 0 radical (unpaired) electrons. The Hall–Kier alpha value is -2.51. The van der Waals surface area contributed by atoms with E-state index in [1.165, 1.54) is 18.2 Å². The summed E-state index contributed by atoms with van der Waals surface area (Å²) in [6, 6.07) is 5.24. The summed E-state index contributed by atoms with van der Waals surface area (Å²) in [5.41, 5.74) is -0.455. The van der Waals surface area contributed by atoms with Gasteiger partial charge in [-0.25, -0.2) is 14.6 Å². The minimum atomic E-state index is -1.23. The molecule has 3 rings (SSSR count). The first-order valence-electron chi connectivity index (χ1n) is 5.92. The summed E-state index contributed by atoms with van der Waals surface area (Å²) in [6.45, 7) is 0. The van der Waals surface area contributed by atoms with E-state index in [9.17, 15) is 14.4 Å². The average molecular weight is 336 g/mol. The molecule has 0 fully saturated rings. The van der Waals surface area contributed by atoms with Crippen LogP contribution < -0.4 is 5.43 Å². The number of hydrogen-bond acceptors (Lipinski definition) is 5. The number of carboxylic acids is 2. The van der Waals surface area contributed by atoms with E-state index in [-0.39, 0.29) is 26.5 Å². The van der Waals surface area contributed by atoms with Gasteiger partial charge in [-0.2, -0.15) is 0 Å². The predicted octanol–water partition coefficient (Wildman–Crippen LogP) is 2.86. The zero-order valence-electron chi connectivity index (χ0n) is 10.7. The van der Waals surface area contributed by atoms with Gasteiger partial charge in [0.05, 0.1) is 15.9 Å². The van der Waals surface area contributed by atoms with Gasteiger partial charge in [0, 0.05) is 16.2 Å². The first-order valence-corrected chi connectivity index (χ1v) is 7.11. The van der Waals surface area contributed by atoms with Crippen molar-refractivity contribution in [2.45, 2.75) is 0 Å². The van der Waals surface area contributed by atoms with Crippen molar-refractivity contribution in [1.29, 1.82) is 0 Å². The number of benzene rings is 1. The summed E-state index contributed by atoms with van der Waals surface area (Å²) in [6.07, 6.45) is 0. The summed E-state index contributed by atoms with van der Waals surface area (Å²) < 4.78 is 0.448. The molecule has 110 valence electrons. The van der Waals surface area contributed by atoms with Crippen LogP contribution in [0.2, 0.25) is 5.02 Å². The zero-order chi connectivity index (χ0) is 16.0. The van der Waals surface area contributed by atoms with E-state index in [0.717, 1.165) is 17.4 Å². The van der Waals surface area contributed by atoms with Crippen molar-refractivity contribution in [3.05, 3.63) is 50.1 Å². The lowest BCUT2D eigenvalue weighted by molar-refractivity contribution is 0.0684. The fraction of sp³-hybridized carbons (Fsp3) is 0. The molecule has 0 saturated heterocycles. The van der Waals surface area contributed by atoms with E-state index in [2.05, 4.69) is 4.98 Å². The van der Waals surface area contributed by atoms with Crippen LogP contribution in [-0.2, 0) is 0 Å². The Morgan fingerprint density at radius 1 is 1.09 bits per heavy atom. The number of halogens is 1. The molecular formula is C14H6ClNO5S. The van der Waals surface area contributed by atoms with Crippen molar-refractivity contribution >= 4 is 55.9 Å². The molecule has 2 aromatic heterocycles. The number of nitrogens with zero attached hydrogens (tertiary/aromatic N) is 1. The number of carboxylic acid groups (broad SMARTS) is 2. The zero-order valence-corrected chi connectivity index (χ0v) is 12.2. The van der Waals surface area contributed by atoms with Gasteiger partial charge in [-0.15, -0.1) is 11.3 Å². The van der Waals surface area contributed by atoms with Crippen molar-refractivity contribution in [3.8, 4) is 0 Å². The average Bonchev–Trinajstić information content (AvgIpc) is 2.46. The van der Waals surface area contributed by atoms with Crippen LogP contribution in [0.3, 0.4) is 0 Å². The van der Waals surface area contributed by atoms with Crippen molar-refractivity contribution in [2.75, 3.05) is 0 Å². The minimum absolute atomic E-state index is 0.0805. The maximum absolute atomic E-state index is 12.2. The van der Waals surface area contributed by atoms with E-state index in [1.807, 2.05) is 0 Å². The molecule has 2 heterocycles. The summed E-state index contributed by atoms with van der Waals surface area (Å²) in [7, 11) is 0. The Labute approximate surface area is 131 Å². The van der Waals surface area contributed by atoms with Gasteiger partial charge in [0.25, 0.3) is 0 Å². The maximum atomic E-state index is 12.2. The molecule has 22 heavy (non-hydrogen) atoms. The monoisotopic (exact) mass is 335 g/mol. The highest BCUT2D eigenvalue weighted by Crippen LogP contribution is 2.31. The van der Waals surface area contributed by atoms with Crippen molar-refractivity contribution in [3.63, 3.8) is 0 Å². The second kappa shape index (κ2) is 5.04. The Balaban J connectivity index is 2.49. The third-order valence-corrected chi connectivity index (χ3v) is 4.42. The van der Waals surface area contributed by atoms with Gasteiger partial charge in [-0.1, -0.05) is 11.6 Å². The number of carbonyl (C=O) groups is 2. The predicted molar refractivity (Wildman–Crippen MR) is 82.3 cm³/mol. The summed E-state index contributed by atoms with van der Waals surface area (Å²) >= 11 is 7.05. The molecule has 0 aliphatic heterocycles. The number of fused-ring (bicyclic) bond motifs is 3. The molecule has 0 amide bonds. The third-order valence-electron chi connectivity index (χ3n) is 3.05. The van der Waals surface area contributed by atoms with Gasteiger partial charge in [0.1, 0.15) is 10.6 Å². The first-order chi connectivity index (χ1) is 10.4. The normalized spacial score (nSPS) is 11.0. The van der Waals surface area contributed by atoms with Crippen LogP contribution in [0.5, 0.6) is 0 Å². The SMILES string of the molecule is O=C(O)c1cc(Cl)c2c(ccc3sc(C(=O)O)cc(=O)c32)n1. The van der Waals surface area contributed by atoms with E-state index in [0.29, 0.717) is 10.1 Å². The highest BCUT2D eigenvalue weighted by molar-refractivity contribution is 7.20. The number of aromatic nitrogens is 1. The van der Waals surface area contributed by atoms with E-state index >= 15 is 0 Å². The van der Waals surface area contributed by atoms with Gasteiger partial charge in [0.15, 0.2) is 5.43 Å². The van der Waals surface area contributed by atoms with Crippen molar-refractivity contribution in [2.24, 2.45) is 0 Å². The fourth-order valence-corrected chi connectivity index (χ4v) is 3.37. The molecule has 0 spiro atoms. The topological polar surface area (TPSA) is 105 Å².